The van der Waals surface area contributed by atoms with E-state index in [2.05, 4.69) is 17.7 Å². The molecule has 2 atom stereocenters. The highest BCUT2D eigenvalue weighted by atomic mass is 16.6. The minimum absolute atomic E-state index is 0.178. The second kappa shape index (κ2) is 5.23. The van der Waals surface area contributed by atoms with Crippen molar-refractivity contribution < 1.29 is 9.72 Å². The molecular formula is C12H16N4O3. The third-order valence-corrected chi connectivity index (χ3v) is 3.41. The number of nitrogen functional groups attached to an aromatic ring is 1. The molecule has 0 heterocycles. The molecule has 1 amide bonds. The number of hydrogen-bond acceptors (Lipinski definition) is 5. The molecule has 0 saturated heterocycles. The fraction of sp³-hybridized carbons (Fsp3) is 0.417. The van der Waals surface area contributed by atoms with Gasteiger partial charge in [0.25, 0.3) is 11.6 Å². The Morgan fingerprint density at radius 2 is 2.26 bits per heavy atom. The molecule has 2 rings (SSSR count). The fourth-order valence-electron chi connectivity index (χ4n) is 1.96. The number of nitro benzene ring substituents is 1. The van der Waals surface area contributed by atoms with E-state index in [1.807, 2.05) is 0 Å². The van der Waals surface area contributed by atoms with Crippen LogP contribution in [-0.4, -0.2) is 17.4 Å². The Hall–Kier alpha value is -2.15. The highest BCUT2D eigenvalue weighted by Crippen LogP contribution is 2.36. The Morgan fingerprint density at radius 3 is 2.79 bits per heavy atom. The van der Waals surface area contributed by atoms with Crippen molar-refractivity contribution >= 4 is 17.3 Å². The molecule has 1 fully saturated rings. The Kier molecular flexibility index (Phi) is 3.66. The standard InChI is InChI=1S/C12H16N4O3/c1-7-4-9(7)6-14-12(17)8-2-3-10(15-13)11(5-8)16(18)19/h2-3,5,7,9,15H,4,6,13H2,1H3,(H,14,17). The van der Waals surface area contributed by atoms with Gasteiger partial charge in [-0.15, -0.1) is 0 Å². The summed E-state index contributed by atoms with van der Waals surface area (Å²) in [6.45, 7) is 2.74. The largest absolute Gasteiger partial charge is 0.352 e. The van der Waals surface area contributed by atoms with E-state index in [4.69, 9.17) is 5.84 Å². The molecule has 0 radical (unpaired) electrons. The van der Waals surface area contributed by atoms with Crippen LogP contribution in [0.25, 0.3) is 0 Å². The second-order valence-electron chi connectivity index (χ2n) is 4.82. The predicted molar refractivity (Wildman–Crippen MR) is 70.5 cm³/mol. The van der Waals surface area contributed by atoms with Crippen LogP contribution in [0.2, 0.25) is 0 Å². The van der Waals surface area contributed by atoms with Crippen molar-refractivity contribution in [3.05, 3.63) is 33.9 Å². The summed E-state index contributed by atoms with van der Waals surface area (Å²) in [4.78, 5) is 22.2. The maximum atomic E-state index is 11.9. The van der Waals surface area contributed by atoms with Crippen LogP contribution in [0, 0.1) is 22.0 Å². The van der Waals surface area contributed by atoms with Gasteiger partial charge in [0.15, 0.2) is 0 Å². The van der Waals surface area contributed by atoms with Crippen LogP contribution < -0.4 is 16.6 Å². The van der Waals surface area contributed by atoms with Gasteiger partial charge in [-0.2, -0.15) is 0 Å². The zero-order chi connectivity index (χ0) is 14.0. The zero-order valence-corrected chi connectivity index (χ0v) is 10.6. The van der Waals surface area contributed by atoms with Crippen molar-refractivity contribution in [2.24, 2.45) is 17.7 Å². The summed E-state index contributed by atoms with van der Waals surface area (Å²) in [7, 11) is 0. The Morgan fingerprint density at radius 1 is 1.58 bits per heavy atom. The van der Waals surface area contributed by atoms with E-state index < -0.39 is 4.92 Å². The van der Waals surface area contributed by atoms with E-state index in [9.17, 15) is 14.9 Å². The predicted octanol–water partition coefficient (Wildman–Crippen LogP) is 1.27. The van der Waals surface area contributed by atoms with Crippen LogP contribution in [0.1, 0.15) is 23.7 Å². The molecule has 1 aliphatic rings. The molecular weight excluding hydrogens is 248 g/mol. The number of nitrogens with zero attached hydrogens (tertiary/aromatic N) is 1. The molecule has 4 N–H and O–H groups in total. The average Bonchev–Trinajstić information content (AvgIpc) is 3.11. The lowest BCUT2D eigenvalue weighted by Gasteiger charge is -2.06. The summed E-state index contributed by atoms with van der Waals surface area (Å²) in [6, 6.07) is 4.15. The first-order valence-electron chi connectivity index (χ1n) is 6.06. The fourth-order valence-corrected chi connectivity index (χ4v) is 1.96. The van der Waals surface area contributed by atoms with E-state index in [1.54, 1.807) is 0 Å². The number of nitrogens with two attached hydrogens (primary N) is 1. The van der Waals surface area contributed by atoms with Gasteiger partial charge < -0.3 is 10.7 Å². The number of carbonyl (C=O) groups excluding carboxylic acids is 1. The minimum atomic E-state index is -0.574. The Balaban J connectivity index is 2.08. The molecule has 0 spiro atoms. The van der Waals surface area contributed by atoms with E-state index in [-0.39, 0.29) is 22.8 Å². The highest BCUT2D eigenvalue weighted by Gasteiger charge is 2.32. The number of benzene rings is 1. The summed E-state index contributed by atoms with van der Waals surface area (Å²) in [5.41, 5.74) is 2.46. The molecule has 1 aliphatic carbocycles. The molecule has 1 saturated carbocycles. The van der Waals surface area contributed by atoms with Crippen LogP contribution in [0.15, 0.2) is 18.2 Å². The van der Waals surface area contributed by atoms with Crippen molar-refractivity contribution in [2.75, 3.05) is 12.0 Å². The van der Waals surface area contributed by atoms with Gasteiger partial charge >= 0.3 is 0 Å². The van der Waals surface area contributed by atoms with Crippen LogP contribution in [0.4, 0.5) is 11.4 Å². The topological polar surface area (TPSA) is 110 Å². The normalized spacial score (nSPS) is 20.7. The molecule has 0 bridgehead atoms. The third-order valence-electron chi connectivity index (χ3n) is 3.41. The van der Waals surface area contributed by atoms with Crippen molar-refractivity contribution in [2.45, 2.75) is 13.3 Å². The Bertz CT molecular complexity index is 518. The lowest BCUT2D eigenvalue weighted by atomic mass is 10.1. The molecule has 7 nitrogen and oxygen atoms in total. The second-order valence-corrected chi connectivity index (χ2v) is 4.82. The van der Waals surface area contributed by atoms with Gasteiger partial charge in [-0.1, -0.05) is 6.92 Å². The number of anilines is 1. The summed E-state index contributed by atoms with van der Waals surface area (Å²) >= 11 is 0. The number of amides is 1. The molecule has 1 aromatic rings. The zero-order valence-electron chi connectivity index (χ0n) is 10.6. The Labute approximate surface area is 110 Å². The van der Waals surface area contributed by atoms with Crippen LogP contribution in [0.3, 0.4) is 0 Å². The van der Waals surface area contributed by atoms with Crippen molar-refractivity contribution in [1.29, 1.82) is 0 Å². The first-order chi connectivity index (χ1) is 9.02. The van der Waals surface area contributed by atoms with Crippen molar-refractivity contribution in [3.63, 3.8) is 0 Å². The smallest absolute Gasteiger partial charge is 0.294 e. The molecule has 0 aliphatic heterocycles. The van der Waals surface area contributed by atoms with E-state index in [0.717, 1.165) is 6.42 Å². The van der Waals surface area contributed by atoms with Gasteiger partial charge in [-0.05, 0) is 30.4 Å². The van der Waals surface area contributed by atoms with Crippen molar-refractivity contribution in [3.8, 4) is 0 Å². The molecule has 102 valence electrons. The molecule has 1 aromatic carbocycles. The number of hydrazine groups is 1. The van der Waals surface area contributed by atoms with Gasteiger partial charge in [-0.25, -0.2) is 0 Å². The number of carbonyl (C=O) groups is 1. The summed E-state index contributed by atoms with van der Waals surface area (Å²) in [5, 5.41) is 13.6. The van der Waals surface area contributed by atoms with Crippen LogP contribution in [0.5, 0.6) is 0 Å². The van der Waals surface area contributed by atoms with Gasteiger partial charge in [0.05, 0.1) is 4.92 Å². The number of rotatable bonds is 5. The quantitative estimate of drug-likeness (QED) is 0.421. The van der Waals surface area contributed by atoms with E-state index in [1.165, 1.54) is 18.2 Å². The minimum Gasteiger partial charge on any atom is -0.352 e. The number of nitrogens with one attached hydrogen (secondary N) is 2. The monoisotopic (exact) mass is 264 g/mol. The van der Waals surface area contributed by atoms with Crippen LogP contribution in [-0.2, 0) is 0 Å². The molecule has 19 heavy (non-hydrogen) atoms. The summed E-state index contributed by atoms with van der Waals surface area (Å²) < 4.78 is 0. The summed E-state index contributed by atoms with van der Waals surface area (Å²) in [5.74, 6) is 6.06. The van der Waals surface area contributed by atoms with Gasteiger partial charge in [-0.3, -0.25) is 20.8 Å². The molecule has 0 aromatic heterocycles. The van der Waals surface area contributed by atoms with Gasteiger partial charge in [0, 0.05) is 18.2 Å². The average molecular weight is 264 g/mol. The van der Waals surface area contributed by atoms with Crippen LogP contribution >= 0.6 is 0 Å². The van der Waals surface area contributed by atoms with E-state index >= 15 is 0 Å². The van der Waals surface area contributed by atoms with Gasteiger partial charge in [0.2, 0.25) is 0 Å². The number of hydrogen-bond donors (Lipinski definition) is 3. The lowest BCUT2D eigenvalue weighted by Crippen LogP contribution is -2.26. The first kappa shape index (κ1) is 13.3. The molecule has 7 heteroatoms. The SMILES string of the molecule is CC1CC1CNC(=O)c1ccc(NN)c([N+](=O)[O-])c1. The highest BCUT2D eigenvalue weighted by molar-refractivity contribution is 5.95. The molecule has 2 unspecified atom stereocenters. The lowest BCUT2D eigenvalue weighted by molar-refractivity contribution is -0.384. The maximum Gasteiger partial charge on any atom is 0.294 e. The van der Waals surface area contributed by atoms with Gasteiger partial charge in [0.1, 0.15) is 5.69 Å². The number of nitro groups is 1. The first-order valence-corrected chi connectivity index (χ1v) is 6.06. The third kappa shape index (κ3) is 3.00. The van der Waals surface area contributed by atoms with E-state index in [0.29, 0.717) is 18.4 Å². The summed E-state index contributed by atoms with van der Waals surface area (Å²) in [6.07, 6.45) is 1.12. The van der Waals surface area contributed by atoms with Crippen molar-refractivity contribution in [1.82, 2.24) is 5.32 Å². The maximum absolute atomic E-state index is 11.9.